The standard InChI is InChI=1S/C28H26N4O3S2/c1-19-11-13-21(14-12-19)15-29-26(33)18-36-28-30-16-25-27(31-28)23-9-5-6-10-24(23)32(37(25,34)35)17-22-8-4-3-7-20(22)2/h3-14,16H,15,17-18H2,1-2H3,(H,29,33). The van der Waals surface area contributed by atoms with Gasteiger partial charge in [-0.3, -0.25) is 9.10 Å². The first-order valence-electron chi connectivity index (χ1n) is 11.8. The maximum absolute atomic E-state index is 13.7. The summed E-state index contributed by atoms with van der Waals surface area (Å²) in [6, 6.07) is 23.1. The average molecular weight is 531 g/mol. The lowest BCUT2D eigenvalue weighted by Gasteiger charge is -2.31. The molecule has 1 aliphatic rings. The van der Waals surface area contributed by atoms with Crippen molar-refractivity contribution in [2.75, 3.05) is 10.1 Å². The summed E-state index contributed by atoms with van der Waals surface area (Å²) >= 11 is 1.18. The number of aromatic nitrogens is 2. The fourth-order valence-corrected chi connectivity index (χ4v) is 6.34. The Morgan fingerprint density at radius 1 is 0.973 bits per heavy atom. The quantitative estimate of drug-likeness (QED) is 0.271. The molecule has 4 aromatic rings. The van der Waals surface area contributed by atoms with Crippen LogP contribution >= 0.6 is 11.8 Å². The SMILES string of the molecule is Cc1ccc(CNC(=O)CSc2ncc3c(n2)-c2ccccc2N(Cc2ccccc2C)S3(=O)=O)cc1. The number of carbonyl (C=O) groups excluding carboxylic acids is 1. The summed E-state index contributed by atoms with van der Waals surface area (Å²) in [5.74, 6) is -0.0253. The number of hydrogen-bond donors (Lipinski definition) is 1. The Morgan fingerprint density at radius 2 is 1.70 bits per heavy atom. The molecule has 5 rings (SSSR count). The molecule has 3 aromatic carbocycles. The van der Waals surface area contributed by atoms with E-state index in [0.717, 1.165) is 22.3 Å². The highest BCUT2D eigenvalue weighted by atomic mass is 32.2. The van der Waals surface area contributed by atoms with Gasteiger partial charge in [-0.05, 0) is 36.6 Å². The van der Waals surface area contributed by atoms with Crippen molar-refractivity contribution in [3.8, 4) is 11.3 Å². The molecule has 1 amide bonds. The Hall–Kier alpha value is -3.69. The zero-order valence-corrected chi connectivity index (χ0v) is 22.1. The van der Waals surface area contributed by atoms with Crippen molar-refractivity contribution in [1.29, 1.82) is 0 Å². The van der Waals surface area contributed by atoms with Gasteiger partial charge in [-0.1, -0.05) is 84.1 Å². The van der Waals surface area contributed by atoms with Crippen LogP contribution in [0.4, 0.5) is 5.69 Å². The van der Waals surface area contributed by atoms with E-state index in [9.17, 15) is 13.2 Å². The van der Waals surface area contributed by atoms with Crippen molar-refractivity contribution < 1.29 is 13.2 Å². The molecule has 1 N–H and O–H groups in total. The summed E-state index contributed by atoms with van der Waals surface area (Å²) in [6.07, 6.45) is 1.35. The Morgan fingerprint density at radius 3 is 2.49 bits per heavy atom. The van der Waals surface area contributed by atoms with Gasteiger partial charge in [-0.25, -0.2) is 18.4 Å². The number of thioether (sulfide) groups is 1. The number of carbonyl (C=O) groups is 1. The third-order valence-electron chi connectivity index (χ3n) is 6.25. The third-order valence-corrected chi connectivity index (χ3v) is 8.87. The zero-order chi connectivity index (χ0) is 26.0. The number of benzene rings is 3. The number of sulfonamides is 1. The minimum absolute atomic E-state index is 0.0629. The van der Waals surface area contributed by atoms with Crippen LogP contribution in [0.2, 0.25) is 0 Å². The number of nitrogens with zero attached hydrogens (tertiary/aromatic N) is 3. The van der Waals surface area contributed by atoms with Gasteiger partial charge < -0.3 is 5.32 Å². The van der Waals surface area contributed by atoms with E-state index >= 15 is 0 Å². The van der Waals surface area contributed by atoms with Crippen LogP contribution in [-0.2, 0) is 27.9 Å². The molecular formula is C28H26N4O3S2. The zero-order valence-electron chi connectivity index (χ0n) is 20.5. The molecule has 1 aliphatic heterocycles. The second-order valence-electron chi connectivity index (χ2n) is 8.87. The molecule has 1 aromatic heterocycles. The van der Waals surface area contributed by atoms with Crippen molar-refractivity contribution >= 4 is 33.4 Å². The fourth-order valence-electron chi connectivity index (χ4n) is 4.15. The summed E-state index contributed by atoms with van der Waals surface area (Å²) in [6.45, 7) is 4.63. The normalized spacial score (nSPS) is 13.5. The highest BCUT2D eigenvalue weighted by Crippen LogP contribution is 2.43. The van der Waals surface area contributed by atoms with E-state index in [0.29, 0.717) is 28.6 Å². The van der Waals surface area contributed by atoms with Gasteiger partial charge in [0.25, 0.3) is 10.0 Å². The van der Waals surface area contributed by atoms with Crippen LogP contribution in [0.5, 0.6) is 0 Å². The van der Waals surface area contributed by atoms with Gasteiger partial charge in [0.2, 0.25) is 5.91 Å². The van der Waals surface area contributed by atoms with Crippen LogP contribution in [0.25, 0.3) is 11.3 Å². The maximum Gasteiger partial charge on any atom is 0.268 e. The Balaban J connectivity index is 1.36. The molecule has 0 radical (unpaired) electrons. The summed E-state index contributed by atoms with van der Waals surface area (Å²) < 4.78 is 28.8. The molecule has 0 bridgehead atoms. The molecular weight excluding hydrogens is 504 g/mol. The second-order valence-corrected chi connectivity index (χ2v) is 11.6. The predicted octanol–water partition coefficient (Wildman–Crippen LogP) is 4.88. The summed E-state index contributed by atoms with van der Waals surface area (Å²) in [4.78, 5) is 21.3. The van der Waals surface area contributed by atoms with Crippen molar-refractivity contribution in [3.05, 3.63) is 101 Å². The number of nitrogens with one attached hydrogen (secondary N) is 1. The van der Waals surface area contributed by atoms with Gasteiger partial charge in [-0.15, -0.1) is 0 Å². The fraction of sp³-hybridized carbons (Fsp3) is 0.179. The molecule has 0 saturated heterocycles. The van der Waals surface area contributed by atoms with Crippen molar-refractivity contribution in [2.24, 2.45) is 0 Å². The molecule has 2 heterocycles. The van der Waals surface area contributed by atoms with Crippen molar-refractivity contribution in [3.63, 3.8) is 0 Å². The van der Waals surface area contributed by atoms with Gasteiger partial charge in [0.15, 0.2) is 5.16 Å². The molecule has 7 nitrogen and oxygen atoms in total. The number of fused-ring (bicyclic) bond motifs is 3. The number of para-hydroxylation sites is 1. The van der Waals surface area contributed by atoms with E-state index in [4.69, 9.17) is 0 Å². The minimum Gasteiger partial charge on any atom is -0.351 e. The van der Waals surface area contributed by atoms with Crippen LogP contribution in [0.1, 0.15) is 22.3 Å². The maximum atomic E-state index is 13.7. The monoisotopic (exact) mass is 530 g/mol. The Kier molecular flexibility index (Phi) is 6.99. The smallest absolute Gasteiger partial charge is 0.268 e. The van der Waals surface area contributed by atoms with E-state index in [2.05, 4.69) is 15.3 Å². The summed E-state index contributed by atoms with van der Waals surface area (Å²) in [5, 5.41) is 3.24. The molecule has 0 saturated carbocycles. The van der Waals surface area contributed by atoms with Crippen LogP contribution in [0.3, 0.4) is 0 Å². The molecule has 37 heavy (non-hydrogen) atoms. The van der Waals surface area contributed by atoms with E-state index < -0.39 is 10.0 Å². The second kappa shape index (κ2) is 10.4. The molecule has 9 heteroatoms. The highest BCUT2D eigenvalue weighted by molar-refractivity contribution is 7.99. The van der Waals surface area contributed by atoms with Gasteiger partial charge in [-0.2, -0.15) is 0 Å². The first-order chi connectivity index (χ1) is 17.8. The number of anilines is 1. The van der Waals surface area contributed by atoms with Crippen LogP contribution in [0, 0.1) is 13.8 Å². The van der Waals surface area contributed by atoms with Gasteiger partial charge in [0.1, 0.15) is 4.90 Å². The van der Waals surface area contributed by atoms with E-state index in [1.807, 2.05) is 80.6 Å². The van der Waals surface area contributed by atoms with Crippen molar-refractivity contribution in [2.45, 2.75) is 37.0 Å². The summed E-state index contributed by atoms with van der Waals surface area (Å²) in [5.41, 5.74) is 5.77. The van der Waals surface area contributed by atoms with E-state index in [-0.39, 0.29) is 23.1 Å². The van der Waals surface area contributed by atoms with Crippen LogP contribution in [-0.4, -0.2) is 30.0 Å². The highest BCUT2D eigenvalue weighted by Gasteiger charge is 2.36. The number of hydrogen-bond acceptors (Lipinski definition) is 6. The van der Waals surface area contributed by atoms with Crippen LogP contribution < -0.4 is 9.62 Å². The number of aryl methyl sites for hydroxylation is 2. The molecule has 0 unspecified atom stereocenters. The predicted molar refractivity (Wildman–Crippen MR) is 146 cm³/mol. The van der Waals surface area contributed by atoms with Gasteiger partial charge in [0, 0.05) is 12.1 Å². The lowest BCUT2D eigenvalue weighted by Crippen LogP contribution is -2.34. The lowest BCUT2D eigenvalue weighted by molar-refractivity contribution is -0.118. The average Bonchev–Trinajstić information content (AvgIpc) is 2.90. The van der Waals surface area contributed by atoms with Crippen molar-refractivity contribution in [1.82, 2.24) is 15.3 Å². The Labute approximate surface area is 221 Å². The lowest BCUT2D eigenvalue weighted by atomic mass is 10.1. The molecule has 188 valence electrons. The topological polar surface area (TPSA) is 92.3 Å². The largest absolute Gasteiger partial charge is 0.351 e. The third kappa shape index (κ3) is 5.23. The summed E-state index contributed by atoms with van der Waals surface area (Å²) in [7, 11) is -3.88. The van der Waals surface area contributed by atoms with E-state index in [1.54, 1.807) is 6.07 Å². The van der Waals surface area contributed by atoms with Gasteiger partial charge in [0.05, 0.1) is 29.9 Å². The van der Waals surface area contributed by atoms with Gasteiger partial charge >= 0.3 is 0 Å². The number of rotatable bonds is 7. The molecule has 0 atom stereocenters. The minimum atomic E-state index is -3.88. The first kappa shape index (κ1) is 25.0. The van der Waals surface area contributed by atoms with E-state index in [1.165, 1.54) is 22.3 Å². The first-order valence-corrected chi connectivity index (χ1v) is 14.2. The number of amides is 1. The van der Waals surface area contributed by atoms with Crippen LogP contribution in [0.15, 0.2) is 89.0 Å². The Bertz CT molecular complexity index is 1570. The molecule has 0 spiro atoms. The molecule has 0 aliphatic carbocycles. The molecule has 0 fully saturated rings.